The number of carbonyl (C=O) groups excluding carboxylic acids is 2. The fourth-order valence-corrected chi connectivity index (χ4v) is 7.49. The zero-order chi connectivity index (χ0) is 43.1. The van der Waals surface area contributed by atoms with Crippen molar-refractivity contribution in [3.8, 4) is 0 Å². The van der Waals surface area contributed by atoms with Crippen molar-refractivity contribution in [3.05, 3.63) is 48.6 Å². The van der Waals surface area contributed by atoms with Crippen molar-refractivity contribution < 1.29 is 24.5 Å². The maximum atomic E-state index is 13.2. The van der Waals surface area contributed by atoms with Crippen LogP contribution in [0.3, 0.4) is 0 Å². The van der Waals surface area contributed by atoms with Crippen molar-refractivity contribution in [1.29, 1.82) is 0 Å². The molecule has 0 aromatic rings. The molecule has 0 aromatic carbocycles. The number of allylic oxidation sites excluding steroid dienone is 8. The van der Waals surface area contributed by atoms with Gasteiger partial charge in [0.05, 0.1) is 25.2 Å². The second-order valence-corrected chi connectivity index (χ2v) is 17.2. The molecule has 0 radical (unpaired) electrons. The molecule has 0 spiro atoms. The van der Waals surface area contributed by atoms with Crippen LogP contribution in [0.5, 0.6) is 0 Å². The van der Waals surface area contributed by atoms with E-state index in [4.69, 9.17) is 4.74 Å². The Kier molecular flexibility index (Phi) is 45.1. The van der Waals surface area contributed by atoms with E-state index in [2.05, 4.69) is 74.7 Å². The SMILES string of the molecule is CCCCC/C=C\C/C=C\C/C=C\CCCCCCC(CC(=O)NC(CO)C(O)CCCCCCCCCCCCC)OC(=O)CCCCCCC/C=C\CCCCC. The zero-order valence-corrected chi connectivity index (χ0v) is 39.1. The van der Waals surface area contributed by atoms with Gasteiger partial charge in [-0.05, 0) is 89.9 Å². The lowest BCUT2D eigenvalue weighted by atomic mass is 10.0. The topological polar surface area (TPSA) is 95.9 Å². The number of carbonyl (C=O) groups is 2. The maximum Gasteiger partial charge on any atom is 0.306 e. The predicted molar refractivity (Wildman–Crippen MR) is 255 cm³/mol. The van der Waals surface area contributed by atoms with Crippen molar-refractivity contribution in [2.45, 2.75) is 270 Å². The highest BCUT2D eigenvalue weighted by Crippen LogP contribution is 2.17. The van der Waals surface area contributed by atoms with Crippen molar-refractivity contribution in [3.63, 3.8) is 0 Å². The van der Waals surface area contributed by atoms with E-state index in [0.29, 0.717) is 19.3 Å². The second kappa shape index (κ2) is 46.9. The van der Waals surface area contributed by atoms with Crippen molar-refractivity contribution in [2.24, 2.45) is 0 Å². The van der Waals surface area contributed by atoms with Crippen LogP contribution in [0.25, 0.3) is 0 Å². The monoisotopic (exact) mass is 828 g/mol. The summed E-state index contributed by atoms with van der Waals surface area (Å²) in [5, 5.41) is 23.7. The first-order chi connectivity index (χ1) is 29.0. The van der Waals surface area contributed by atoms with E-state index in [1.807, 2.05) is 0 Å². The number of unbranched alkanes of at least 4 members (excludes halogenated alkanes) is 25. The quantitative estimate of drug-likeness (QED) is 0.0323. The third-order valence-corrected chi connectivity index (χ3v) is 11.4. The molecule has 0 fully saturated rings. The van der Waals surface area contributed by atoms with Gasteiger partial charge in [-0.1, -0.05) is 198 Å². The van der Waals surface area contributed by atoms with Gasteiger partial charge in [-0.2, -0.15) is 0 Å². The van der Waals surface area contributed by atoms with Crippen LogP contribution in [0.1, 0.15) is 252 Å². The van der Waals surface area contributed by atoms with Gasteiger partial charge in [0.2, 0.25) is 5.91 Å². The van der Waals surface area contributed by atoms with Gasteiger partial charge in [0.1, 0.15) is 6.10 Å². The third kappa shape index (κ3) is 42.3. The average molecular weight is 828 g/mol. The highest BCUT2D eigenvalue weighted by atomic mass is 16.5. The van der Waals surface area contributed by atoms with Gasteiger partial charge in [0.15, 0.2) is 0 Å². The summed E-state index contributed by atoms with van der Waals surface area (Å²) in [6.45, 7) is 6.42. The Morgan fingerprint density at radius 3 is 1.36 bits per heavy atom. The van der Waals surface area contributed by atoms with Crippen LogP contribution in [0, 0.1) is 0 Å². The fourth-order valence-electron chi connectivity index (χ4n) is 7.49. The van der Waals surface area contributed by atoms with Crippen LogP contribution in [0.4, 0.5) is 0 Å². The molecule has 3 unspecified atom stereocenters. The Morgan fingerprint density at radius 1 is 0.492 bits per heavy atom. The third-order valence-electron chi connectivity index (χ3n) is 11.4. The molecule has 344 valence electrons. The molecule has 0 saturated carbocycles. The van der Waals surface area contributed by atoms with Crippen LogP contribution in [-0.4, -0.2) is 46.9 Å². The molecule has 6 nitrogen and oxygen atoms in total. The Morgan fingerprint density at radius 2 is 0.864 bits per heavy atom. The number of rotatable bonds is 45. The molecule has 1 amide bonds. The molecular formula is C53H97NO5. The summed E-state index contributed by atoms with van der Waals surface area (Å²) in [6, 6.07) is -0.709. The molecule has 0 aliphatic carbocycles. The first-order valence-corrected chi connectivity index (χ1v) is 25.4. The number of aliphatic hydroxyl groups excluding tert-OH is 2. The van der Waals surface area contributed by atoms with Crippen LogP contribution in [0.2, 0.25) is 0 Å². The molecule has 6 heteroatoms. The first-order valence-electron chi connectivity index (χ1n) is 25.4. The fraction of sp³-hybridized carbons (Fsp3) is 0.811. The van der Waals surface area contributed by atoms with E-state index < -0.39 is 18.2 Å². The number of nitrogens with one attached hydrogen (secondary N) is 1. The number of hydrogen-bond donors (Lipinski definition) is 3. The van der Waals surface area contributed by atoms with E-state index in [-0.39, 0.29) is 24.9 Å². The van der Waals surface area contributed by atoms with E-state index in [0.717, 1.165) is 89.9 Å². The average Bonchev–Trinajstić information content (AvgIpc) is 3.23. The molecule has 0 aliphatic heterocycles. The smallest absolute Gasteiger partial charge is 0.306 e. The van der Waals surface area contributed by atoms with Gasteiger partial charge in [-0.15, -0.1) is 0 Å². The van der Waals surface area contributed by atoms with E-state index in [1.165, 1.54) is 116 Å². The summed E-state index contributed by atoms with van der Waals surface area (Å²) in [7, 11) is 0. The van der Waals surface area contributed by atoms with E-state index >= 15 is 0 Å². The maximum absolute atomic E-state index is 13.2. The van der Waals surface area contributed by atoms with Crippen molar-refractivity contribution in [2.75, 3.05) is 6.61 Å². The Labute approximate surface area is 366 Å². The number of hydrogen-bond acceptors (Lipinski definition) is 5. The molecule has 3 N–H and O–H groups in total. The first kappa shape index (κ1) is 56.8. The van der Waals surface area contributed by atoms with Crippen molar-refractivity contribution >= 4 is 11.9 Å². The number of ether oxygens (including phenoxy) is 1. The molecule has 0 saturated heterocycles. The lowest BCUT2D eigenvalue weighted by molar-refractivity contribution is -0.151. The molecule has 0 aromatic heterocycles. The summed E-state index contributed by atoms with van der Waals surface area (Å²) >= 11 is 0. The Balaban J connectivity index is 4.65. The lowest BCUT2D eigenvalue weighted by Gasteiger charge is -2.24. The highest BCUT2D eigenvalue weighted by molar-refractivity contribution is 5.77. The highest BCUT2D eigenvalue weighted by Gasteiger charge is 2.24. The van der Waals surface area contributed by atoms with Crippen LogP contribution in [0.15, 0.2) is 48.6 Å². The minimum absolute atomic E-state index is 0.0598. The minimum Gasteiger partial charge on any atom is -0.462 e. The van der Waals surface area contributed by atoms with E-state index in [9.17, 15) is 19.8 Å². The van der Waals surface area contributed by atoms with Gasteiger partial charge in [0.25, 0.3) is 0 Å². The molecule has 3 atom stereocenters. The Bertz CT molecular complexity index is 1020. The van der Waals surface area contributed by atoms with Gasteiger partial charge >= 0.3 is 5.97 Å². The van der Waals surface area contributed by atoms with Crippen LogP contribution in [-0.2, 0) is 14.3 Å². The van der Waals surface area contributed by atoms with Crippen molar-refractivity contribution in [1.82, 2.24) is 5.32 Å². The summed E-state index contributed by atoms with van der Waals surface area (Å²) in [4.78, 5) is 26.1. The van der Waals surface area contributed by atoms with E-state index in [1.54, 1.807) is 0 Å². The molecule has 0 rings (SSSR count). The minimum atomic E-state index is -0.794. The summed E-state index contributed by atoms with van der Waals surface area (Å²) < 4.78 is 5.91. The second-order valence-electron chi connectivity index (χ2n) is 17.2. The number of esters is 1. The lowest BCUT2D eigenvalue weighted by Crippen LogP contribution is -2.46. The van der Waals surface area contributed by atoms with Gasteiger partial charge in [-0.3, -0.25) is 9.59 Å². The largest absolute Gasteiger partial charge is 0.462 e. The van der Waals surface area contributed by atoms with Gasteiger partial charge in [-0.25, -0.2) is 0 Å². The van der Waals surface area contributed by atoms with Gasteiger partial charge in [0, 0.05) is 6.42 Å². The molecule has 0 bridgehead atoms. The molecular weight excluding hydrogens is 731 g/mol. The molecule has 0 heterocycles. The van der Waals surface area contributed by atoms with Crippen LogP contribution < -0.4 is 5.32 Å². The Hall–Kier alpha value is -2.18. The molecule has 59 heavy (non-hydrogen) atoms. The van der Waals surface area contributed by atoms with Crippen LogP contribution >= 0.6 is 0 Å². The normalized spacial score (nSPS) is 13.6. The number of aliphatic hydroxyl groups is 2. The summed E-state index contributed by atoms with van der Waals surface area (Å²) in [5.74, 6) is -0.503. The zero-order valence-electron chi connectivity index (χ0n) is 39.1. The number of amides is 1. The summed E-state index contributed by atoms with van der Waals surface area (Å²) in [6.07, 6.45) is 55.9. The summed E-state index contributed by atoms with van der Waals surface area (Å²) in [5.41, 5.74) is 0. The standard InChI is InChI=1S/C53H97NO5/c1-4-7-10-13-16-19-22-24-25-26-27-28-30-32-35-38-41-44-49(59-53(58)46-43-40-37-34-31-23-20-17-14-11-8-5-2)47-52(57)54-50(48-55)51(56)45-42-39-36-33-29-21-18-15-12-9-6-3/h16-17,19-20,24-25,27-28,49-51,55-56H,4-15,18,21-23,26,29-48H2,1-3H3,(H,54,57)/b19-16-,20-17-,25-24-,28-27-. The molecule has 0 aliphatic rings. The predicted octanol–water partition coefficient (Wildman–Crippen LogP) is 15.1. The van der Waals surface area contributed by atoms with Gasteiger partial charge < -0.3 is 20.3 Å².